The fourth-order valence-corrected chi connectivity index (χ4v) is 1.54. The summed E-state index contributed by atoms with van der Waals surface area (Å²) in [4.78, 5) is 10.9. The zero-order chi connectivity index (χ0) is 12.3. The van der Waals surface area contributed by atoms with Crippen molar-refractivity contribution in [2.24, 2.45) is 5.73 Å². The monoisotopic (exact) mass is 285 g/mol. The summed E-state index contributed by atoms with van der Waals surface area (Å²) in [6.07, 6.45) is -0.267. The van der Waals surface area contributed by atoms with Crippen molar-refractivity contribution in [3.8, 4) is 0 Å². The van der Waals surface area contributed by atoms with E-state index in [1.54, 1.807) is 0 Å². The fourth-order valence-electron chi connectivity index (χ4n) is 1.25. The van der Waals surface area contributed by atoms with E-state index < -0.39 is 28.7 Å². The first-order valence-electron chi connectivity index (χ1n) is 4.43. The van der Waals surface area contributed by atoms with Crippen LogP contribution in [0.15, 0.2) is 12.1 Å². The smallest absolute Gasteiger partial charge is 0.307 e. The van der Waals surface area contributed by atoms with Crippen LogP contribution < -0.4 is 5.73 Å². The van der Waals surface area contributed by atoms with Crippen molar-refractivity contribution in [2.45, 2.75) is 12.5 Å². The minimum atomic E-state index is -1.03. The molecule has 1 aromatic rings. The maximum Gasteiger partial charge on any atom is 0.307 e. The van der Waals surface area contributed by atoms with Gasteiger partial charge in [0.1, 0.15) is 11.6 Å². The molecule has 0 bridgehead atoms. The molecule has 1 aromatic carbocycles. The summed E-state index contributed by atoms with van der Waals surface area (Å²) in [7, 11) is 1.18. The predicted octanol–water partition coefficient (Wildman–Crippen LogP) is 2.60. The standard InChI is InChI=1S/C10H10ClF2NO2.ClH/c1-16-8(15)4-7(14)9-5(12)2-3-6(13)10(9)11;/h2-3,7H,4,14H2,1H3;1H/t7-;/m1./s1. The zero-order valence-corrected chi connectivity index (χ0v) is 10.4. The number of esters is 1. The lowest BCUT2D eigenvalue weighted by Crippen LogP contribution is -2.18. The Bertz CT molecular complexity index is 416. The van der Waals surface area contributed by atoms with Gasteiger partial charge in [-0.2, -0.15) is 0 Å². The summed E-state index contributed by atoms with van der Waals surface area (Å²) in [5.74, 6) is -2.14. The number of methoxy groups -OCH3 is 1. The van der Waals surface area contributed by atoms with Gasteiger partial charge in [0.05, 0.1) is 18.6 Å². The van der Waals surface area contributed by atoms with Gasteiger partial charge in [0.25, 0.3) is 0 Å². The highest BCUT2D eigenvalue weighted by atomic mass is 35.5. The lowest BCUT2D eigenvalue weighted by atomic mass is 10.0. The molecular formula is C10H11Cl2F2NO2. The van der Waals surface area contributed by atoms with E-state index in [4.69, 9.17) is 17.3 Å². The molecule has 1 atom stereocenters. The second-order valence-corrected chi connectivity index (χ2v) is 3.52. The average Bonchev–Trinajstić information content (AvgIpc) is 2.24. The molecule has 0 radical (unpaired) electrons. The topological polar surface area (TPSA) is 52.3 Å². The molecule has 96 valence electrons. The van der Waals surface area contributed by atoms with Crippen LogP contribution in [-0.2, 0) is 9.53 Å². The maximum atomic E-state index is 13.4. The van der Waals surface area contributed by atoms with Gasteiger partial charge in [-0.25, -0.2) is 8.78 Å². The van der Waals surface area contributed by atoms with Crippen molar-refractivity contribution in [2.75, 3.05) is 7.11 Å². The van der Waals surface area contributed by atoms with Gasteiger partial charge in [0.2, 0.25) is 0 Å². The number of benzene rings is 1. The second kappa shape index (κ2) is 6.74. The summed E-state index contributed by atoms with van der Waals surface area (Å²) in [5.41, 5.74) is 5.33. The van der Waals surface area contributed by atoms with Gasteiger partial charge in [-0.05, 0) is 12.1 Å². The number of nitrogens with two attached hydrogens (primary N) is 1. The normalized spacial score (nSPS) is 11.6. The van der Waals surface area contributed by atoms with E-state index in [0.29, 0.717) is 0 Å². The highest BCUT2D eigenvalue weighted by Gasteiger charge is 2.21. The Morgan fingerprint density at radius 3 is 2.53 bits per heavy atom. The minimum absolute atomic E-state index is 0. The quantitative estimate of drug-likeness (QED) is 0.686. The van der Waals surface area contributed by atoms with Crippen LogP contribution in [0.1, 0.15) is 18.0 Å². The van der Waals surface area contributed by atoms with Gasteiger partial charge < -0.3 is 10.5 Å². The van der Waals surface area contributed by atoms with Gasteiger partial charge in [-0.1, -0.05) is 11.6 Å². The number of hydrogen-bond acceptors (Lipinski definition) is 3. The Labute approximate surface area is 108 Å². The summed E-state index contributed by atoms with van der Waals surface area (Å²) in [6, 6.07) is 0.773. The lowest BCUT2D eigenvalue weighted by molar-refractivity contribution is -0.141. The van der Waals surface area contributed by atoms with Crippen molar-refractivity contribution < 1.29 is 18.3 Å². The third-order valence-electron chi connectivity index (χ3n) is 2.06. The van der Waals surface area contributed by atoms with E-state index in [0.717, 1.165) is 12.1 Å². The molecule has 0 aromatic heterocycles. The van der Waals surface area contributed by atoms with E-state index >= 15 is 0 Å². The number of ether oxygens (including phenoxy) is 1. The van der Waals surface area contributed by atoms with Crippen molar-refractivity contribution in [1.29, 1.82) is 0 Å². The molecular weight excluding hydrogens is 275 g/mol. The summed E-state index contributed by atoms with van der Waals surface area (Å²) >= 11 is 5.57. The number of halogens is 4. The van der Waals surface area contributed by atoms with Crippen molar-refractivity contribution in [1.82, 2.24) is 0 Å². The largest absolute Gasteiger partial charge is 0.469 e. The molecule has 0 saturated heterocycles. The van der Waals surface area contributed by atoms with Gasteiger partial charge >= 0.3 is 5.97 Å². The van der Waals surface area contributed by atoms with E-state index in [1.165, 1.54) is 7.11 Å². The lowest BCUT2D eigenvalue weighted by Gasteiger charge is -2.13. The molecule has 0 heterocycles. The predicted molar refractivity (Wildman–Crippen MR) is 62.2 cm³/mol. The molecule has 7 heteroatoms. The Morgan fingerprint density at radius 1 is 1.47 bits per heavy atom. The Morgan fingerprint density at radius 2 is 2.00 bits per heavy atom. The van der Waals surface area contributed by atoms with Crippen molar-refractivity contribution in [3.63, 3.8) is 0 Å². The fraction of sp³-hybridized carbons (Fsp3) is 0.300. The second-order valence-electron chi connectivity index (χ2n) is 3.14. The molecule has 0 aliphatic rings. The van der Waals surface area contributed by atoms with E-state index in [2.05, 4.69) is 4.74 Å². The van der Waals surface area contributed by atoms with Crippen LogP contribution >= 0.6 is 24.0 Å². The molecule has 0 aliphatic carbocycles. The SMILES string of the molecule is COC(=O)C[C@@H](N)c1c(F)ccc(F)c1Cl.Cl. The average molecular weight is 286 g/mol. The number of carbonyl (C=O) groups excluding carboxylic acids is 1. The zero-order valence-electron chi connectivity index (χ0n) is 8.88. The molecule has 2 N–H and O–H groups in total. The van der Waals surface area contributed by atoms with Gasteiger partial charge in [0.15, 0.2) is 0 Å². The van der Waals surface area contributed by atoms with E-state index in [1.807, 2.05) is 0 Å². The molecule has 0 saturated carbocycles. The van der Waals surface area contributed by atoms with Crippen LogP contribution in [0.3, 0.4) is 0 Å². The number of rotatable bonds is 3. The molecule has 0 amide bonds. The summed E-state index contributed by atoms with van der Waals surface area (Å²) in [6.45, 7) is 0. The van der Waals surface area contributed by atoms with Gasteiger partial charge in [-0.3, -0.25) is 4.79 Å². The van der Waals surface area contributed by atoms with Crippen LogP contribution in [0.25, 0.3) is 0 Å². The number of carbonyl (C=O) groups is 1. The number of hydrogen-bond donors (Lipinski definition) is 1. The third kappa shape index (κ3) is 3.80. The first-order valence-corrected chi connectivity index (χ1v) is 4.81. The minimum Gasteiger partial charge on any atom is -0.469 e. The van der Waals surface area contributed by atoms with Gasteiger partial charge in [0, 0.05) is 11.6 Å². The summed E-state index contributed by atoms with van der Waals surface area (Å²) < 4.78 is 30.8. The molecule has 0 unspecified atom stereocenters. The molecule has 0 aliphatic heterocycles. The van der Waals surface area contributed by atoms with Crippen LogP contribution in [-0.4, -0.2) is 13.1 Å². The van der Waals surface area contributed by atoms with Crippen molar-refractivity contribution >= 4 is 30.0 Å². The van der Waals surface area contributed by atoms with Crippen molar-refractivity contribution in [3.05, 3.63) is 34.4 Å². The van der Waals surface area contributed by atoms with Crippen LogP contribution in [0.5, 0.6) is 0 Å². The highest BCUT2D eigenvalue weighted by Crippen LogP contribution is 2.28. The highest BCUT2D eigenvalue weighted by molar-refractivity contribution is 6.31. The Kier molecular flexibility index (Phi) is 6.37. The van der Waals surface area contributed by atoms with Crippen LogP contribution in [0.4, 0.5) is 8.78 Å². The Hall–Kier alpha value is -0.910. The molecule has 0 fully saturated rings. The van der Waals surface area contributed by atoms with Crippen LogP contribution in [0.2, 0.25) is 5.02 Å². The maximum absolute atomic E-state index is 13.4. The third-order valence-corrected chi connectivity index (χ3v) is 2.45. The van der Waals surface area contributed by atoms with Crippen LogP contribution in [0, 0.1) is 11.6 Å². The van der Waals surface area contributed by atoms with Gasteiger partial charge in [-0.15, -0.1) is 12.4 Å². The molecule has 3 nitrogen and oxygen atoms in total. The van der Waals surface area contributed by atoms with E-state index in [-0.39, 0.29) is 24.4 Å². The van der Waals surface area contributed by atoms with E-state index in [9.17, 15) is 13.6 Å². The molecule has 1 rings (SSSR count). The first kappa shape index (κ1) is 16.1. The molecule has 0 spiro atoms. The summed E-state index contributed by atoms with van der Waals surface area (Å²) in [5, 5.41) is -0.406. The Balaban J connectivity index is 0.00000256. The first-order chi connectivity index (χ1) is 7.47. The molecule has 17 heavy (non-hydrogen) atoms.